The minimum atomic E-state index is 0.0502. The fraction of sp³-hybridized carbons (Fsp3) is 0.238. The van der Waals surface area contributed by atoms with Crippen molar-refractivity contribution in [1.82, 2.24) is 30.1 Å². The van der Waals surface area contributed by atoms with Crippen LogP contribution in [0, 0.1) is 11.3 Å². The predicted octanol–water partition coefficient (Wildman–Crippen LogP) is 1.67. The first-order chi connectivity index (χ1) is 15.7. The number of anilines is 1. The standard InChI is InChI=1S/C21H18N8O3/c22-13-17-21(32-20(24-17)18-2-1-11-31-18)28-9-7-27(8-10-28)19(30)12-15-3-5-16(6-4-15)29-14-23-25-26-29/h1-6,11,14H,7-10,12H2. The summed E-state index contributed by atoms with van der Waals surface area (Å²) in [4.78, 5) is 20.8. The van der Waals surface area contributed by atoms with Gasteiger partial charge in [0.25, 0.3) is 5.89 Å². The number of hydrogen-bond acceptors (Lipinski definition) is 9. The molecule has 32 heavy (non-hydrogen) atoms. The summed E-state index contributed by atoms with van der Waals surface area (Å²) in [5, 5.41) is 20.5. The van der Waals surface area contributed by atoms with Crippen LogP contribution in [0.2, 0.25) is 0 Å². The van der Waals surface area contributed by atoms with E-state index in [1.54, 1.807) is 16.8 Å². The summed E-state index contributed by atoms with van der Waals surface area (Å²) in [6, 6.07) is 13.1. The zero-order chi connectivity index (χ0) is 21.9. The Balaban J connectivity index is 1.20. The van der Waals surface area contributed by atoms with Gasteiger partial charge in [-0.3, -0.25) is 4.79 Å². The first-order valence-corrected chi connectivity index (χ1v) is 10.0. The molecule has 1 aromatic carbocycles. The molecule has 1 saturated heterocycles. The SMILES string of the molecule is N#Cc1nc(-c2ccco2)oc1N1CCN(C(=O)Cc2ccc(-n3cnnn3)cc2)CC1. The van der Waals surface area contributed by atoms with Crippen LogP contribution in [-0.2, 0) is 11.2 Å². The van der Waals surface area contributed by atoms with Gasteiger partial charge in [0, 0.05) is 26.2 Å². The molecule has 11 nitrogen and oxygen atoms in total. The second-order valence-electron chi connectivity index (χ2n) is 7.23. The van der Waals surface area contributed by atoms with E-state index in [4.69, 9.17) is 8.83 Å². The number of amides is 1. The summed E-state index contributed by atoms with van der Waals surface area (Å²) >= 11 is 0. The average molecular weight is 430 g/mol. The van der Waals surface area contributed by atoms with E-state index in [1.165, 1.54) is 12.6 Å². The van der Waals surface area contributed by atoms with Gasteiger partial charge in [0.1, 0.15) is 12.4 Å². The highest BCUT2D eigenvalue weighted by atomic mass is 16.4. The summed E-state index contributed by atoms with van der Waals surface area (Å²) in [6.45, 7) is 2.16. The number of nitrogens with zero attached hydrogens (tertiary/aromatic N) is 8. The molecule has 3 aromatic heterocycles. The maximum Gasteiger partial charge on any atom is 0.266 e. The van der Waals surface area contributed by atoms with Crippen LogP contribution in [0.4, 0.5) is 5.88 Å². The Morgan fingerprint density at radius 1 is 1.12 bits per heavy atom. The average Bonchev–Trinajstić information content (AvgIpc) is 3.61. The molecule has 1 amide bonds. The number of furan rings is 1. The van der Waals surface area contributed by atoms with Crippen LogP contribution >= 0.6 is 0 Å². The van der Waals surface area contributed by atoms with Crippen LogP contribution < -0.4 is 4.90 Å². The van der Waals surface area contributed by atoms with Crippen LogP contribution in [0.15, 0.2) is 57.8 Å². The molecule has 1 aliphatic heterocycles. The monoisotopic (exact) mass is 430 g/mol. The van der Waals surface area contributed by atoms with Gasteiger partial charge >= 0.3 is 0 Å². The Morgan fingerprint density at radius 2 is 1.94 bits per heavy atom. The summed E-state index contributed by atoms with van der Waals surface area (Å²) in [7, 11) is 0. The Bertz CT molecular complexity index is 1230. The van der Waals surface area contributed by atoms with Crippen LogP contribution in [0.1, 0.15) is 11.3 Å². The molecule has 0 spiro atoms. The van der Waals surface area contributed by atoms with Crippen molar-refractivity contribution in [2.24, 2.45) is 0 Å². The number of tetrazole rings is 1. The van der Waals surface area contributed by atoms with E-state index >= 15 is 0 Å². The normalized spacial score (nSPS) is 13.8. The fourth-order valence-electron chi connectivity index (χ4n) is 3.60. The molecule has 0 saturated carbocycles. The molecule has 1 aliphatic rings. The third kappa shape index (κ3) is 3.81. The highest BCUT2D eigenvalue weighted by molar-refractivity contribution is 5.79. The van der Waals surface area contributed by atoms with Crippen molar-refractivity contribution in [2.45, 2.75) is 6.42 Å². The number of oxazole rings is 1. The van der Waals surface area contributed by atoms with Crippen molar-refractivity contribution in [2.75, 3.05) is 31.1 Å². The maximum absolute atomic E-state index is 12.8. The van der Waals surface area contributed by atoms with E-state index < -0.39 is 0 Å². The molecule has 0 bridgehead atoms. The largest absolute Gasteiger partial charge is 0.459 e. The van der Waals surface area contributed by atoms with Crippen molar-refractivity contribution in [3.8, 4) is 23.4 Å². The van der Waals surface area contributed by atoms with Crippen LogP contribution in [-0.4, -0.2) is 62.2 Å². The third-order valence-corrected chi connectivity index (χ3v) is 5.27. The molecule has 11 heteroatoms. The Labute approximate surface area is 182 Å². The molecule has 0 N–H and O–H groups in total. The Morgan fingerprint density at radius 3 is 2.59 bits per heavy atom. The molecule has 0 aliphatic carbocycles. The highest BCUT2D eigenvalue weighted by Crippen LogP contribution is 2.29. The molecule has 160 valence electrons. The number of nitriles is 1. The van der Waals surface area contributed by atoms with Gasteiger partial charge in [-0.2, -0.15) is 10.2 Å². The van der Waals surface area contributed by atoms with Gasteiger partial charge in [-0.15, -0.1) is 5.10 Å². The number of benzene rings is 1. The molecule has 4 aromatic rings. The fourth-order valence-corrected chi connectivity index (χ4v) is 3.60. The molecular formula is C21H18N8O3. The highest BCUT2D eigenvalue weighted by Gasteiger charge is 2.27. The Hall–Kier alpha value is -4.46. The zero-order valence-corrected chi connectivity index (χ0v) is 17.0. The van der Waals surface area contributed by atoms with Gasteiger partial charge in [-0.1, -0.05) is 12.1 Å². The summed E-state index contributed by atoms with van der Waals surface area (Å²) < 4.78 is 12.7. The van der Waals surface area contributed by atoms with E-state index in [2.05, 4.69) is 26.6 Å². The number of carbonyl (C=O) groups excluding carboxylic acids is 1. The Kier molecular flexibility index (Phi) is 5.09. The molecule has 0 radical (unpaired) electrons. The van der Waals surface area contributed by atoms with Crippen molar-refractivity contribution in [3.05, 3.63) is 60.2 Å². The van der Waals surface area contributed by atoms with Gasteiger partial charge in [-0.25, -0.2) is 4.68 Å². The zero-order valence-electron chi connectivity index (χ0n) is 17.0. The third-order valence-electron chi connectivity index (χ3n) is 5.27. The van der Waals surface area contributed by atoms with E-state index in [1.807, 2.05) is 34.1 Å². The topological polar surface area (TPSA) is 130 Å². The molecule has 0 atom stereocenters. The molecule has 5 rings (SSSR count). The first kappa shape index (κ1) is 19.5. The number of rotatable bonds is 5. The molecular weight excluding hydrogens is 412 g/mol. The van der Waals surface area contributed by atoms with Gasteiger partial charge in [0.05, 0.1) is 18.4 Å². The van der Waals surface area contributed by atoms with E-state index in [0.717, 1.165) is 11.3 Å². The second-order valence-corrected chi connectivity index (χ2v) is 7.23. The number of carbonyl (C=O) groups is 1. The first-order valence-electron chi connectivity index (χ1n) is 10.0. The lowest BCUT2D eigenvalue weighted by Crippen LogP contribution is -2.49. The maximum atomic E-state index is 12.8. The second kappa shape index (κ2) is 8.35. The minimum absolute atomic E-state index is 0.0502. The number of hydrogen-bond donors (Lipinski definition) is 0. The lowest BCUT2D eigenvalue weighted by molar-refractivity contribution is -0.130. The summed E-state index contributed by atoms with van der Waals surface area (Å²) in [6.07, 6.45) is 3.35. The van der Waals surface area contributed by atoms with Crippen molar-refractivity contribution < 1.29 is 13.6 Å². The van der Waals surface area contributed by atoms with Crippen molar-refractivity contribution in [1.29, 1.82) is 5.26 Å². The predicted molar refractivity (Wildman–Crippen MR) is 111 cm³/mol. The minimum Gasteiger partial charge on any atom is -0.459 e. The smallest absolute Gasteiger partial charge is 0.266 e. The summed E-state index contributed by atoms with van der Waals surface area (Å²) in [5.74, 6) is 1.19. The van der Waals surface area contributed by atoms with E-state index in [-0.39, 0.29) is 17.5 Å². The summed E-state index contributed by atoms with van der Waals surface area (Å²) in [5.41, 5.74) is 1.95. The quantitative estimate of drug-likeness (QED) is 0.464. The van der Waals surface area contributed by atoms with Crippen LogP contribution in [0.3, 0.4) is 0 Å². The van der Waals surface area contributed by atoms with Crippen LogP contribution in [0.5, 0.6) is 0 Å². The number of piperazine rings is 1. The lowest BCUT2D eigenvalue weighted by atomic mass is 10.1. The number of aromatic nitrogens is 5. The molecule has 4 heterocycles. The van der Waals surface area contributed by atoms with Gasteiger partial charge < -0.3 is 18.6 Å². The van der Waals surface area contributed by atoms with Crippen LogP contribution in [0.25, 0.3) is 17.3 Å². The van der Waals surface area contributed by atoms with Gasteiger partial charge in [-0.05, 0) is 40.3 Å². The van der Waals surface area contributed by atoms with Crippen molar-refractivity contribution >= 4 is 11.8 Å². The van der Waals surface area contributed by atoms with E-state index in [0.29, 0.717) is 44.2 Å². The van der Waals surface area contributed by atoms with E-state index in [9.17, 15) is 10.1 Å². The van der Waals surface area contributed by atoms with Gasteiger partial charge in [0.15, 0.2) is 5.76 Å². The molecule has 1 fully saturated rings. The van der Waals surface area contributed by atoms with Crippen molar-refractivity contribution in [3.63, 3.8) is 0 Å². The van der Waals surface area contributed by atoms with Gasteiger partial charge in [0.2, 0.25) is 17.5 Å². The lowest BCUT2D eigenvalue weighted by Gasteiger charge is -2.34. The molecule has 0 unspecified atom stereocenters.